The van der Waals surface area contributed by atoms with Crippen molar-refractivity contribution in [1.82, 2.24) is 4.57 Å². The van der Waals surface area contributed by atoms with Crippen molar-refractivity contribution in [3.63, 3.8) is 0 Å². The van der Waals surface area contributed by atoms with Gasteiger partial charge in [-0.2, -0.15) is 0 Å². The van der Waals surface area contributed by atoms with Crippen molar-refractivity contribution in [1.29, 1.82) is 0 Å². The fourth-order valence-electron chi connectivity index (χ4n) is 7.96. The van der Waals surface area contributed by atoms with Crippen LogP contribution in [0.5, 0.6) is 11.5 Å². The Kier molecular flexibility index (Phi) is 6.11. The largest absolute Gasteiger partial charge is 0.517 e. The monoisotopic (exact) mass is 661 g/mol. The lowest BCUT2D eigenvalue weighted by atomic mass is 9.89. The summed E-state index contributed by atoms with van der Waals surface area (Å²) in [5, 5.41) is 13.2. The van der Waals surface area contributed by atoms with Crippen molar-refractivity contribution in [3.05, 3.63) is 158 Å². The molecule has 0 unspecified atom stereocenters. The minimum Gasteiger partial charge on any atom is -0.517 e. The molecule has 1 N–H and O–H groups in total. The molecule has 0 fully saturated rings. The molecule has 5 nitrogen and oxygen atoms in total. The van der Waals surface area contributed by atoms with Crippen LogP contribution in [-0.2, 0) is 0 Å². The highest BCUT2D eigenvalue weighted by Gasteiger charge is 2.38. The van der Waals surface area contributed by atoms with Crippen molar-refractivity contribution in [3.8, 4) is 67.4 Å². The fourth-order valence-corrected chi connectivity index (χ4v) is 10.9. The van der Waals surface area contributed by atoms with Crippen LogP contribution in [0.3, 0.4) is 0 Å². The van der Waals surface area contributed by atoms with Crippen molar-refractivity contribution in [2.24, 2.45) is 0 Å². The molecule has 10 rings (SSSR count). The van der Waals surface area contributed by atoms with Gasteiger partial charge in [0.25, 0.3) is 6.33 Å². The predicted octanol–water partition coefficient (Wildman–Crippen LogP) is 7.46. The second kappa shape index (κ2) is 10.6. The zero-order valence-corrected chi connectivity index (χ0v) is 28.6. The summed E-state index contributed by atoms with van der Waals surface area (Å²) >= 11 is 0. The molecular weight excluding hydrogens is 631 g/mol. The number of phenolic OH excluding ortho intramolecular Hbond substituents is 1. The number of para-hydroxylation sites is 2. The van der Waals surface area contributed by atoms with Crippen LogP contribution in [0.2, 0.25) is 13.1 Å². The lowest BCUT2D eigenvalue weighted by Crippen LogP contribution is -2.57. The SMILES string of the molecule is C[Si]1(C)c2ccc(O[n+]3[c-]c(-c4ccccc4O)ccc3)cc2-n2[c-][n+]3c4c(ccc1c42)-c1ccccc1-c1ccccc1-c1ccccc1-3. The Labute approximate surface area is 291 Å². The number of phenols is 1. The quantitative estimate of drug-likeness (QED) is 0.121. The van der Waals surface area contributed by atoms with Gasteiger partial charge in [-0.05, 0) is 62.0 Å². The van der Waals surface area contributed by atoms with Gasteiger partial charge in [-0.1, -0.05) is 138 Å². The molecule has 4 heterocycles. The summed E-state index contributed by atoms with van der Waals surface area (Å²) in [5.74, 6) is 0.889. The van der Waals surface area contributed by atoms with E-state index in [1.165, 1.54) is 49.3 Å². The van der Waals surface area contributed by atoms with Gasteiger partial charge in [0.05, 0.1) is 28.2 Å². The molecule has 6 heteroatoms. The van der Waals surface area contributed by atoms with Gasteiger partial charge >= 0.3 is 0 Å². The van der Waals surface area contributed by atoms with E-state index in [0.29, 0.717) is 11.3 Å². The third-order valence-corrected chi connectivity index (χ3v) is 13.9. The van der Waals surface area contributed by atoms with Gasteiger partial charge in [0.1, 0.15) is 14.3 Å². The first-order chi connectivity index (χ1) is 24.5. The average Bonchev–Trinajstić information content (AvgIpc) is 3.56. The number of imidazole rings is 1. The number of aromatic nitrogens is 3. The standard InChI is InChI=1S/C44H31N3O2Si/c1-50(2)41-23-21-30(49-45-25-11-12-29(27-45)31-13-8-10-20-40(31)48)26-39(41)47-28-46-38-19-9-7-18-36(38)34-16-5-3-14-32(34)33-15-4-6-17-35(33)37-22-24-42(50)44(47)43(37)46/h3-26,48H,1-2H3. The van der Waals surface area contributed by atoms with Crippen molar-refractivity contribution >= 4 is 29.5 Å². The lowest BCUT2D eigenvalue weighted by molar-refractivity contribution is -0.878. The molecule has 8 aromatic rings. The Hall–Kier alpha value is -6.24. The molecule has 0 amide bonds. The Morgan fingerprint density at radius 3 is 1.98 bits per heavy atom. The summed E-state index contributed by atoms with van der Waals surface area (Å²) in [6.07, 6.45) is 8.97. The summed E-state index contributed by atoms with van der Waals surface area (Å²) in [4.78, 5) is 6.43. The number of fused-ring (bicyclic) bond motifs is 9. The third kappa shape index (κ3) is 4.12. The molecule has 0 aliphatic carbocycles. The molecule has 0 saturated heterocycles. The molecule has 0 radical (unpaired) electrons. The van der Waals surface area contributed by atoms with E-state index in [0.717, 1.165) is 22.5 Å². The molecular formula is C44H31N3O2Si. The number of pyridine rings is 1. The van der Waals surface area contributed by atoms with Crippen LogP contribution in [0.4, 0.5) is 0 Å². The Morgan fingerprint density at radius 2 is 1.24 bits per heavy atom. The average molecular weight is 662 g/mol. The Balaban J connectivity index is 1.21. The zero-order chi connectivity index (χ0) is 33.6. The first-order valence-electron chi connectivity index (χ1n) is 16.8. The number of nitrogens with zero attached hydrogens (tertiary/aromatic N) is 3. The van der Waals surface area contributed by atoms with Crippen LogP contribution in [0.25, 0.3) is 66.9 Å². The number of rotatable bonds is 3. The normalized spacial score (nSPS) is 13.2. The number of aromatic hydroxyl groups is 1. The molecule has 0 atom stereocenters. The van der Waals surface area contributed by atoms with Crippen LogP contribution in [0.1, 0.15) is 0 Å². The van der Waals surface area contributed by atoms with E-state index in [1.54, 1.807) is 10.8 Å². The second-order valence-corrected chi connectivity index (χ2v) is 17.8. The van der Waals surface area contributed by atoms with E-state index in [2.05, 4.69) is 138 Å². The molecule has 50 heavy (non-hydrogen) atoms. The third-order valence-electron chi connectivity index (χ3n) is 10.3. The molecule has 2 aliphatic heterocycles. The highest BCUT2D eigenvalue weighted by molar-refractivity contribution is 7.02. The van der Waals surface area contributed by atoms with Crippen molar-refractivity contribution < 1.29 is 19.2 Å². The van der Waals surface area contributed by atoms with E-state index < -0.39 is 8.07 Å². The highest BCUT2D eigenvalue weighted by atomic mass is 28.3. The van der Waals surface area contributed by atoms with Crippen LogP contribution >= 0.6 is 0 Å². The van der Waals surface area contributed by atoms with Gasteiger partial charge in [-0.25, -0.2) is 4.84 Å². The number of benzene rings is 6. The smallest absolute Gasteiger partial charge is 0.269 e. The first-order valence-corrected chi connectivity index (χ1v) is 19.8. The van der Waals surface area contributed by atoms with Gasteiger partial charge in [0.15, 0.2) is 5.75 Å². The van der Waals surface area contributed by atoms with E-state index in [9.17, 15) is 5.11 Å². The summed E-state index contributed by atoms with van der Waals surface area (Å²) < 4.78 is 6.12. The van der Waals surface area contributed by atoms with Crippen LogP contribution in [-0.4, -0.2) is 17.7 Å². The molecule has 2 aliphatic rings. The fraction of sp³-hybridized carbons (Fsp3) is 0.0455. The van der Waals surface area contributed by atoms with Gasteiger partial charge in [0, 0.05) is 6.07 Å². The van der Waals surface area contributed by atoms with Crippen LogP contribution < -0.4 is 24.5 Å². The van der Waals surface area contributed by atoms with Crippen molar-refractivity contribution in [2.45, 2.75) is 13.1 Å². The molecule has 0 saturated carbocycles. The minimum absolute atomic E-state index is 0.202. The summed E-state index contributed by atoms with van der Waals surface area (Å²) in [6.45, 7) is 4.88. The van der Waals surface area contributed by atoms with Gasteiger partial charge in [0.2, 0.25) is 6.20 Å². The summed E-state index contributed by atoms with van der Waals surface area (Å²) in [5.41, 5.74) is 13.2. The maximum Gasteiger partial charge on any atom is 0.269 e. The highest BCUT2D eigenvalue weighted by Crippen LogP contribution is 2.43. The van der Waals surface area contributed by atoms with Gasteiger partial charge in [-0.3, -0.25) is 9.13 Å². The lowest BCUT2D eigenvalue weighted by Gasteiger charge is -2.33. The van der Waals surface area contributed by atoms with E-state index in [1.807, 2.05) is 36.5 Å². The maximum absolute atomic E-state index is 10.5. The zero-order valence-electron chi connectivity index (χ0n) is 27.6. The van der Waals surface area contributed by atoms with E-state index in [4.69, 9.17) is 4.84 Å². The first kappa shape index (κ1) is 28.7. The summed E-state index contributed by atoms with van der Waals surface area (Å²) in [7, 11) is -2.18. The Morgan fingerprint density at radius 1 is 0.620 bits per heavy atom. The van der Waals surface area contributed by atoms with Crippen LogP contribution in [0.15, 0.2) is 146 Å². The molecule has 2 aromatic heterocycles. The number of hydrogen-bond donors (Lipinski definition) is 1. The van der Waals surface area contributed by atoms with E-state index >= 15 is 0 Å². The molecule has 6 aromatic carbocycles. The molecule has 238 valence electrons. The van der Waals surface area contributed by atoms with E-state index in [-0.39, 0.29) is 5.75 Å². The second-order valence-electron chi connectivity index (χ2n) is 13.5. The van der Waals surface area contributed by atoms with Crippen LogP contribution in [0, 0.1) is 12.5 Å². The van der Waals surface area contributed by atoms with Crippen molar-refractivity contribution in [2.75, 3.05) is 0 Å². The Bertz CT molecular complexity index is 2690. The van der Waals surface area contributed by atoms with Gasteiger partial charge < -0.3 is 5.11 Å². The molecule has 0 bridgehead atoms. The maximum atomic E-state index is 10.5. The summed E-state index contributed by atoms with van der Waals surface area (Å²) in [6, 6.07) is 48.4. The number of hydrogen-bond acceptors (Lipinski definition) is 2. The topological polar surface area (TPSA) is 42.2 Å². The van der Waals surface area contributed by atoms with Gasteiger partial charge in [-0.15, -0.1) is 6.07 Å². The predicted molar refractivity (Wildman–Crippen MR) is 199 cm³/mol. The molecule has 0 spiro atoms. The minimum atomic E-state index is -2.18.